The Kier molecular flexibility index (Phi) is 4.79. The van der Waals surface area contributed by atoms with Gasteiger partial charge in [0.25, 0.3) is 0 Å². The number of aromatic amines is 1. The molecule has 1 saturated heterocycles. The zero-order valence-electron chi connectivity index (χ0n) is 15.7. The minimum atomic E-state index is 0.214. The Hall–Kier alpha value is -1.65. The van der Waals surface area contributed by atoms with Crippen molar-refractivity contribution in [3.63, 3.8) is 0 Å². The van der Waals surface area contributed by atoms with Crippen molar-refractivity contribution in [1.82, 2.24) is 4.98 Å². The minimum Gasteiger partial charge on any atom is -0.358 e. The van der Waals surface area contributed by atoms with Gasteiger partial charge in [-0.2, -0.15) is 0 Å². The third kappa shape index (κ3) is 3.26. The smallest absolute Gasteiger partial charge is 0.198 e. The van der Waals surface area contributed by atoms with E-state index < -0.39 is 0 Å². The van der Waals surface area contributed by atoms with E-state index >= 15 is 0 Å². The molecule has 3 rings (SSSR count). The average Bonchev–Trinajstić information content (AvgIpc) is 2.53. The fraction of sp³-hybridized carbons (Fsp3) is 0.550. The van der Waals surface area contributed by atoms with Crippen LogP contribution in [0.1, 0.15) is 35.2 Å². The highest BCUT2D eigenvalue weighted by Gasteiger charge is 2.27. The molecule has 1 unspecified atom stereocenters. The van der Waals surface area contributed by atoms with Crippen LogP contribution in [0.25, 0.3) is 10.9 Å². The van der Waals surface area contributed by atoms with E-state index in [4.69, 9.17) is 0 Å². The molecular formula is C20H31N3O+2. The maximum absolute atomic E-state index is 13.1. The summed E-state index contributed by atoms with van der Waals surface area (Å²) in [5, 5.41) is 0.841. The molecule has 130 valence electrons. The highest BCUT2D eigenvalue weighted by Crippen LogP contribution is 2.17. The second-order valence-electron chi connectivity index (χ2n) is 7.82. The number of fused-ring (bicyclic) bond motifs is 1. The Bertz CT molecular complexity index is 801. The molecule has 2 heterocycles. The lowest BCUT2D eigenvalue weighted by Gasteiger charge is -2.30. The average molecular weight is 329 g/mol. The van der Waals surface area contributed by atoms with Gasteiger partial charge in [-0.05, 0) is 38.0 Å². The molecule has 2 aromatic rings. The SMILES string of the molecule is Cc1cc(C)c2[nH]c(C)c(C[NH+](C)C3CC[NH+](C)CC3)c(=O)c2c1. The summed E-state index contributed by atoms with van der Waals surface area (Å²) in [5.74, 6) is 0. The van der Waals surface area contributed by atoms with Crippen molar-refractivity contribution >= 4 is 10.9 Å². The Morgan fingerprint density at radius 2 is 1.88 bits per heavy atom. The van der Waals surface area contributed by atoms with Gasteiger partial charge < -0.3 is 14.8 Å². The Morgan fingerprint density at radius 3 is 2.54 bits per heavy atom. The predicted molar refractivity (Wildman–Crippen MR) is 99.0 cm³/mol. The normalized spacial score (nSPS) is 22.7. The highest BCUT2D eigenvalue weighted by atomic mass is 16.1. The fourth-order valence-corrected chi connectivity index (χ4v) is 4.15. The van der Waals surface area contributed by atoms with E-state index in [2.05, 4.69) is 39.0 Å². The summed E-state index contributed by atoms with van der Waals surface area (Å²) < 4.78 is 0. The van der Waals surface area contributed by atoms with Gasteiger partial charge in [-0.25, -0.2) is 0 Å². The van der Waals surface area contributed by atoms with Crippen LogP contribution in [0.5, 0.6) is 0 Å². The van der Waals surface area contributed by atoms with Gasteiger partial charge in [0.2, 0.25) is 0 Å². The van der Waals surface area contributed by atoms with Crippen LogP contribution in [-0.4, -0.2) is 38.2 Å². The third-order valence-electron chi connectivity index (χ3n) is 5.76. The van der Waals surface area contributed by atoms with Gasteiger partial charge in [0.15, 0.2) is 5.43 Å². The summed E-state index contributed by atoms with van der Waals surface area (Å²) in [5.41, 5.74) is 5.49. The lowest BCUT2D eigenvalue weighted by atomic mass is 10.0. The zero-order valence-corrected chi connectivity index (χ0v) is 15.7. The quantitative estimate of drug-likeness (QED) is 0.737. The van der Waals surface area contributed by atoms with E-state index in [-0.39, 0.29) is 5.43 Å². The number of quaternary nitrogens is 2. The highest BCUT2D eigenvalue weighted by molar-refractivity contribution is 5.83. The number of benzene rings is 1. The molecule has 4 heteroatoms. The van der Waals surface area contributed by atoms with Crippen molar-refractivity contribution in [2.45, 2.75) is 46.2 Å². The lowest BCUT2D eigenvalue weighted by Crippen LogP contribution is -3.17. The van der Waals surface area contributed by atoms with Crippen LogP contribution in [0.3, 0.4) is 0 Å². The first-order valence-corrected chi connectivity index (χ1v) is 9.13. The van der Waals surface area contributed by atoms with Crippen molar-refractivity contribution in [2.75, 3.05) is 27.2 Å². The van der Waals surface area contributed by atoms with E-state index in [9.17, 15) is 4.79 Å². The number of nitrogens with one attached hydrogen (secondary N) is 3. The van der Waals surface area contributed by atoms with Crippen molar-refractivity contribution in [2.24, 2.45) is 0 Å². The summed E-state index contributed by atoms with van der Waals surface area (Å²) >= 11 is 0. The van der Waals surface area contributed by atoms with Crippen molar-refractivity contribution < 1.29 is 9.80 Å². The first-order chi connectivity index (χ1) is 11.4. The first kappa shape index (κ1) is 17.2. The number of piperidine rings is 1. The van der Waals surface area contributed by atoms with Gasteiger partial charge in [-0.1, -0.05) is 6.07 Å². The number of hydrogen-bond acceptors (Lipinski definition) is 1. The molecule has 0 radical (unpaired) electrons. The summed E-state index contributed by atoms with van der Waals surface area (Å²) in [6.45, 7) is 9.47. The van der Waals surface area contributed by atoms with Crippen LogP contribution in [0.4, 0.5) is 0 Å². The monoisotopic (exact) mass is 329 g/mol. The van der Waals surface area contributed by atoms with Crippen LogP contribution in [-0.2, 0) is 6.54 Å². The van der Waals surface area contributed by atoms with E-state index in [0.29, 0.717) is 6.04 Å². The van der Waals surface area contributed by atoms with Crippen LogP contribution in [0.15, 0.2) is 16.9 Å². The number of H-pyrrole nitrogens is 1. The summed E-state index contributed by atoms with van der Waals surface area (Å²) in [7, 11) is 4.52. The van der Waals surface area contributed by atoms with Crippen LogP contribution in [0.2, 0.25) is 0 Å². The third-order valence-corrected chi connectivity index (χ3v) is 5.76. The molecule has 0 amide bonds. The van der Waals surface area contributed by atoms with E-state index in [0.717, 1.165) is 39.8 Å². The van der Waals surface area contributed by atoms with Gasteiger partial charge in [-0.15, -0.1) is 0 Å². The minimum absolute atomic E-state index is 0.214. The maximum Gasteiger partial charge on any atom is 0.198 e. The predicted octanol–water partition coefficient (Wildman–Crippen LogP) is 0.145. The van der Waals surface area contributed by atoms with Gasteiger partial charge in [-0.3, -0.25) is 4.79 Å². The molecule has 1 fully saturated rings. The van der Waals surface area contributed by atoms with Crippen LogP contribution in [0, 0.1) is 20.8 Å². The van der Waals surface area contributed by atoms with Crippen LogP contribution >= 0.6 is 0 Å². The van der Waals surface area contributed by atoms with E-state index in [1.807, 2.05) is 13.0 Å². The topological polar surface area (TPSA) is 41.7 Å². The van der Waals surface area contributed by atoms with Gasteiger partial charge in [0, 0.05) is 23.9 Å². The number of aromatic nitrogens is 1. The van der Waals surface area contributed by atoms with Gasteiger partial charge in [0.1, 0.15) is 6.54 Å². The zero-order chi connectivity index (χ0) is 17.4. The van der Waals surface area contributed by atoms with Crippen molar-refractivity contribution in [3.8, 4) is 0 Å². The molecule has 1 atom stereocenters. The van der Waals surface area contributed by atoms with E-state index in [1.165, 1.54) is 30.8 Å². The summed E-state index contributed by atoms with van der Waals surface area (Å²) in [6.07, 6.45) is 2.50. The fourth-order valence-electron chi connectivity index (χ4n) is 4.15. The molecule has 0 aliphatic carbocycles. The maximum atomic E-state index is 13.1. The van der Waals surface area contributed by atoms with Crippen molar-refractivity contribution in [3.05, 3.63) is 44.7 Å². The molecule has 0 bridgehead atoms. The second-order valence-corrected chi connectivity index (χ2v) is 7.82. The molecule has 0 saturated carbocycles. The molecule has 1 aliphatic heterocycles. The Morgan fingerprint density at radius 1 is 1.21 bits per heavy atom. The van der Waals surface area contributed by atoms with Crippen LogP contribution < -0.4 is 15.2 Å². The number of pyridine rings is 1. The standard InChI is InChI=1S/C20H29N3O/c1-13-10-14(2)19-17(11-13)20(24)18(15(3)21-19)12-23(5)16-6-8-22(4)9-7-16/h10-11,16H,6-9,12H2,1-5H3,(H,21,24)/p+2. The second kappa shape index (κ2) is 6.69. The Balaban J connectivity index is 1.93. The summed E-state index contributed by atoms with van der Waals surface area (Å²) in [6, 6.07) is 4.83. The number of likely N-dealkylation sites (tertiary alicyclic amines) is 1. The van der Waals surface area contributed by atoms with Crippen molar-refractivity contribution in [1.29, 1.82) is 0 Å². The molecular weight excluding hydrogens is 298 g/mol. The molecule has 1 aliphatic rings. The van der Waals surface area contributed by atoms with Gasteiger partial charge in [0.05, 0.1) is 44.3 Å². The molecule has 1 aromatic carbocycles. The Labute approximate surface area is 144 Å². The largest absolute Gasteiger partial charge is 0.358 e. The summed E-state index contributed by atoms with van der Waals surface area (Å²) in [4.78, 5) is 19.7. The first-order valence-electron chi connectivity index (χ1n) is 9.13. The van der Waals surface area contributed by atoms with Gasteiger partial charge >= 0.3 is 0 Å². The number of hydrogen-bond donors (Lipinski definition) is 3. The number of aryl methyl sites for hydroxylation is 3. The lowest BCUT2D eigenvalue weighted by molar-refractivity contribution is -0.948. The molecule has 1 aromatic heterocycles. The number of rotatable bonds is 3. The van der Waals surface area contributed by atoms with E-state index in [1.54, 1.807) is 4.90 Å². The molecule has 24 heavy (non-hydrogen) atoms. The molecule has 3 N–H and O–H groups in total. The molecule has 0 spiro atoms. The molecule has 4 nitrogen and oxygen atoms in total.